The Morgan fingerprint density at radius 3 is 2.42 bits per heavy atom. The van der Waals surface area contributed by atoms with Crippen molar-refractivity contribution in [2.75, 3.05) is 6.54 Å². The summed E-state index contributed by atoms with van der Waals surface area (Å²) in [6.07, 6.45) is 0.910. The summed E-state index contributed by atoms with van der Waals surface area (Å²) < 4.78 is 0. The lowest BCUT2D eigenvalue weighted by Crippen LogP contribution is -2.42. The highest BCUT2D eigenvalue weighted by Gasteiger charge is 2.34. The summed E-state index contributed by atoms with van der Waals surface area (Å²) in [7, 11) is 0. The molecule has 104 valence electrons. The molecule has 0 bridgehead atoms. The van der Waals surface area contributed by atoms with Crippen molar-refractivity contribution in [2.24, 2.45) is 0 Å². The number of carbonyl (C=O) groups excluding carboxylic acids is 1. The molecule has 1 fully saturated rings. The number of rotatable bonds is 4. The van der Waals surface area contributed by atoms with Crippen molar-refractivity contribution in [3.05, 3.63) is 35.4 Å². The van der Waals surface area contributed by atoms with E-state index in [9.17, 15) is 4.79 Å². The molecule has 0 aromatic heterocycles. The van der Waals surface area contributed by atoms with E-state index in [1.165, 1.54) is 11.1 Å². The van der Waals surface area contributed by atoms with Crippen molar-refractivity contribution in [1.82, 2.24) is 10.2 Å². The van der Waals surface area contributed by atoms with Gasteiger partial charge in [0.15, 0.2) is 0 Å². The van der Waals surface area contributed by atoms with Gasteiger partial charge in [0.1, 0.15) is 0 Å². The Morgan fingerprint density at radius 2 is 1.84 bits per heavy atom. The van der Waals surface area contributed by atoms with Crippen LogP contribution in [0.25, 0.3) is 0 Å². The van der Waals surface area contributed by atoms with E-state index in [1.807, 2.05) is 4.90 Å². The molecule has 2 rings (SSSR count). The standard InChI is InChI=1S/C16H24N2O/c1-11(2)17-15-9-10-18(16(15)19)13(4)14-7-5-12(3)6-8-14/h5-8,11,13,15,17H,9-10H2,1-4H3. The van der Waals surface area contributed by atoms with Crippen LogP contribution < -0.4 is 5.32 Å². The second kappa shape index (κ2) is 5.74. The Hall–Kier alpha value is -1.35. The van der Waals surface area contributed by atoms with Gasteiger partial charge in [0.2, 0.25) is 5.91 Å². The Balaban J connectivity index is 2.06. The normalized spacial score (nSPS) is 21.2. The molecule has 2 unspecified atom stereocenters. The molecule has 1 heterocycles. The average molecular weight is 260 g/mol. The third-order valence-corrected chi connectivity index (χ3v) is 3.80. The summed E-state index contributed by atoms with van der Waals surface area (Å²) in [5.41, 5.74) is 2.46. The van der Waals surface area contributed by atoms with Crippen molar-refractivity contribution in [2.45, 2.75) is 52.2 Å². The second-order valence-electron chi connectivity index (χ2n) is 5.78. The maximum absolute atomic E-state index is 12.4. The van der Waals surface area contributed by atoms with Gasteiger partial charge in [0.05, 0.1) is 12.1 Å². The van der Waals surface area contributed by atoms with Crippen molar-refractivity contribution in [3.63, 3.8) is 0 Å². The lowest BCUT2D eigenvalue weighted by atomic mass is 10.1. The molecule has 0 spiro atoms. The monoisotopic (exact) mass is 260 g/mol. The number of likely N-dealkylation sites (tertiary alicyclic amines) is 1. The fourth-order valence-corrected chi connectivity index (χ4v) is 2.67. The van der Waals surface area contributed by atoms with Crippen molar-refractivity contribution in [3.8, 4) is 0 Å². The van der Waals surface area contributed by atoms with E-state index in [2.05, 4.69) is 57.3 Å². The van der Waals surface area contributed by atoms with E-state index in [4.69, 9.17) is 0 Å². The summed E-state index contributed by atoms with van der Waals surface area (Å²) in [6.45, 7) is 9.20. The minimum Gasteiger partial charge on any atom is -0.335 e. The highest BCUT2D eigenvalue weighted by molar-refractivity contribution is 5.84. The zero-order valence-electron chi connectivity index (χ0n) is 12.3. The maximum Gasteiger partial charge on any atom is 0.240 e. The molecule has 1 amide bonds. The smallest absolute Gasteiger partial charge is 0.240 e. The van der Waals surface area contributed by atoms with Crippen LogP contribution in [0.1, 0.15) is 44.4 Å². The molecule has 0 saturated carbocycles. The first-order valence-electron chi connectivity index (χ1n) is 7.12. The van der Waals surface area contributed by atoms with Crippen molar-refractivity contribution < 1.29 is 4.79 Å². The van der Waals surface area contributed by atoms with Gasteiger partial charge in [-0.2, -0.15) is 0 Å². The topological polar surface area (TPSA) is 32.3 Å². The number of benzene rings is 1. The number of nitrogens with one attached hydrogen (secondary N) is 1. The van der Waals surface area contributed by atoms with Gasteiger partial charge >= 0.3 is 0 Å². The number of carbonyl (C=O) groups is 1. The predicted octanol–water partition coefficient (Wildman–Crippen LogP) is 2.65. The third-order valence-electron chi connectivity index (χ3n) is 3.80. The van der Waals surface area contributed by atoms with Crippen LogP contribution in [-0.4, -0.2) is 29.4 Å². The van der Waals surface area contributed by atoms with E-state index in [0.717, 1.165) is 13.0 Å². The quantitative estimate of drug-likeness (QED) is 0.902. The van der Waals surface area contributed by atoms with Crippen LogP contribution in [-0.2, 0) is 4.79 Å². The molecule has 1 aromatic rings. The summed E-state index contributed by atoms with van der Waals surface area (Å²) >= 11 is 0. The van der Waals surface area contributed by atoms with E-state index in [1.54, 1.807) is 0 Å². The zero-order valence-corrected chi connectivity index (χ0v) is 12.3. The molecule has 19 heavy (non-hydrogen) atoms. The second-order valence-corrected chi connectivity index (χ2v) is 5.78. The molecule has 1 N–H and O–H groups in total. The molecule has 0 aliphatic carbocycles. The van der Waals surface area contributed by atoms with E-state index in [-0.39, 0.29) is 18.0 Å². The third kappa shape index (κ3) is 3.16. The molecule has 1 saturated heterocycles. The largest absolute Gasteiger partial charge is 0.335 e. The van der Waals surface area contributed by atoms with Gasteiger partial charge in [0.25, 0.3) is 0 Å². The summed E-state index contributed by atoms with van der Waals surface area (Å²) in [4.78, 5) is 14.4. The van der Waals surface area contributed by atoms with Gasteiger partial charge in [-0.15, -0.1) is 0 Å². The Morgan fingerprint density at radius 1 is 1.21 bits per heavy atom. The van der Waals surface area contributed by atoms with Gasteiger partial charge in [-0.25, -0.2) is 0 Å². The van der Waals surface area contributed by atoms with Crippen LogP contribution in [0, 0.1) is 6.92 Å². The average Bonchev–Trinajstić information content (AvgIpc) is 2.70. The molecule has 0 radical (unpaired) electrons. The molecule has 2 atom stereocenters. The SMILES string of the molecule is Cc1ccc(C(C)N2CCC(NC(C)C)C2=O)cc1. The van der Waals surface area contributed by atoms with Crippen molar-refractivity contribution >= 4 is 5.91 Å². The minimum absolute atomic E-state index is 0.00658. The molecule has 1 aliphatic rings. The number of hydrogen-bond donors (Lipinski definition) is 1. The van der Waals surface area contributed by atoms with Gasteiger partial charge in [-0.3, -0.25) is 4.79 Å². The fraction of sp³-hybridized carbons (Fsp3) is 0.562. The van der Waals surface area contributed by atoms with Gasteiger partial charge < -0.3 is 10.2 Å². The van der Waals surface area contributed by atoms with Crippen LogP contribution in [0.4, 0.5) is 0 Å². The van der Waals surface area contributed by atoms with Crippen LogP contribution in [0.2, 0.25) is 0 Å². The summed E-state index contributed by atoms with van der Waals surface area (Å²) in [5, 5.41) is 3.35. The van der Waals surface area contributed by atoms with Crippen LogP contribution in [0.5, 0.6) is 0 Å². The maximum atomic E-state index is 12.4. The first-order chi connectivity index (χ1) is 8.99. The van der Waals surface area contributed by atoms with Crippen LogP contribution >= 0.6 is 0 Å². The van der Waals surface area contributed by atoms with E-state index in [0.29, 0.717) is 6.04 Å². The zero-order chi connectivity index (χ0) is 14.0. The Labute approximate surface area is 116 Å². The first kappa shape index (κ1) is 14.1. The van der Waals surface area contributed by atoms with Gasteiger partial charge in [0, 0.05) is 12.6 Å². The summed E-state index contributed by atoms with van der Waals surface area (Å²) in [6, 6.07) is 8.96. The molecule has 1 aliphatic heterocycles. The fourth-order valence-electron chi connectivity index (χ4n) is 2.67. The first-order valence-corrected chi connectivity index (χ1v) is 7.12. The van der Waals surface area contributed by atoms with Crippen LogP contribution in [0.15, 0.2) is 24.3 Å². The molecule has 3 heteroatoms. The lowest BCUT2D eigenvalue weighted by molar-refractivity contribution is -0.131. The van der Waals surface area contributed by atoms with Gasteiger partial charge in [-0.05, 0) is 25.8 Å². The summed E-state index contributed by atoms with van der Waals surface area (Å²) in [5.74, 6) is 0.238. The lowest BCUT2D eigenvalue weighted by Gasteiger charge is -2.25. The number of aryl methyl sites for hydroxylation is 1. The van der Waals surface area contributed by atoms with E-state index >= 15 is 0 Å². The molecule has 3 nitrogen and oxygen atoms in total. The minimum atomic E-state index is -0.00658. The Bertz CT molecular complexity index is 439. The number of hydrogen-bond acceptors (Lipinski definition) is 2. The highest BCUT2D eigenvalue weighted by Crippen LogP contribution is 2.26. The Kier molecular flexibility index (Phi) is 4.25. The highest BCUT2D eigenvalue weighted by atomic mass is 16.2. The predicted molar refractivity (Wildman–Crippen MR) is 78.0 cm³/mol. The van der Waals surface area contributed by atoms with Crippen LogP contribution in [0.3, 0.4) is 0 Å². The van der Waals surface area contributed by atoms with Gasteiger partial charge in [-0.1, -0.05) is 43.7 Å². The van der Waals surface area contributed by atoms with E-state index < -0.39 is 0 Å². The molecular weight excluding hydrogens is 236 g/mol. The molecule has 1 aromatic carbocycles. The number of nitrogens with zero attached hydrogens (tertiary/aromatic N) is 1. The molecular formula is C16H24N2O. The van der Waals surface area contributed by atoms with Crippen molar-refractivity contribution in [1.29, 1.82) is 0 Å². The number of amides is 1.